The lowest BCUT2D eigenvalue weighted by molar-refractivity contribution is -0.207. The lowest BCUT2D eigenvalue weighted by Gasteiger charge is -2.47. The molecular formula is C39H38F2N6O5. The molecule has 3 atom stereocenters. The molecule has 5 fully saturated rings. The first-order valence-electron chi connectivity index (χ1n) is 17.9. The number of carbonyl (C=O) groups is 2. The van der Waals surface area contributed by atoms with Crippen LogP contribution in [0.4, 0.5) is 14.6 Å². The van der Waals surface area contributed by atoms with Crippen LogP contribution >= 0.6 is 0 Å². The molecule has 268 valence electrons. The molecule has 5 saturated heterocycles. The average molecular weight is 709 g/mol. The molecule has 0 radical (unpaired) electrons. The van der Waals surface area contributed by atoms with Gasteiger partial charge in [0, 0.05) is 42.3 Å². The second-order valence-electron chi connectivity index (χ2n) is 15.4. The zero-order chi connectivity index (χ0) is 36.1. The molecule has 1 N–H and O–H groups in total. The molecule has 5 aliphatic heterocycles. The minimum absolute atomic E-state index is 0.0248. The van der Waals surface area contributed by atoms with E-state index >= 15 is 4.39 Å². The maximum absolute atomic E-state index is 17.0. The van der Waals surface area contributed by atoms with E-state index in [1.54, 1.807) is 13.8 Å². The Bertz CT molecular complexity index is 2220. The number of cyclic esters (lactones) is 1. The second kappa shape index (κ2) is 11.7. The zero-order valence-corrected chi connectivity index (χ0v) is 29.0. The Hall–Kier alpha value is -5.09. The highest BCUT2D eigenvalue weighted by Crippen LogP contribution is 2.44. The number of esters is 1. The Labute approximate surface area is 298 Å². The number of amides is 1. The number of pyridine rings is 1. The lowest BCUT2D eigenvalue weighted by atomic mass is 9.80. The summed E-state index contributed by atoms with van der Waals surface area (Å²) in [4.78, 5) is 46.2. The maximum atomic E-state index is 17.0. The van der Waals surface area contributed by atoms with E-state index in [9.17, 15) is 19.1 Å². The molecule has 52 heavy (non-hydrogen) atoms. The third-order valence-electron chi connectivity index (χ3n) is 12.0. The van der Waals surface area contributed by atoms with Gasteiger partial charge in [-0.15, -0.1) is 6.42 Å². The number of hydrogen-bond donors (Lipinski definition) is 1. The fourth-order valence-corrected chi connectivity index (χ4v) is 9.31. The van der Waals surface area contributed by atoms with E-state index in [-0.39, 0.29) is 69.0 Å². The topological polar surface area (TPSA) is 121 Å². The van der Waals surface area contributed by atoms with Crippen LogP contribution in [0.3, 0.4) is 0 Å². The first-order chi connectivity index (χ1) is 25.0. The summed E-state index contributed by atoms with van der Waals surface area (Å²) in [6.07, 6.45) is 12.1. The maximum Gasteiger partial charge on any atom is 0.319 e. The van der Waals surface area contributed by atoms with Crippen molar-refractivity contribution in [3.05, 3.63) is 47.7 Å². The van der Waals surface area contributed by atoms with Gasteiger partial charge in [0.15, 0.2) is 11.9 Å². The Morgan fingerprint density at radius 3 is 2.52 bits per heavy atom. The summed E-state index contributed by atoms with van der Waals surface area (Å²) in [5.74, 6) is 0.625. The van der Waals surface area contributed by atoms with E-state index in [4.69, 9.17) is 20.9 Å². The fraction of sp³-hybridized carbons (Fsp3) is 0.462. The number of aromatic hydroxyl groups is 1. The van der Waals surface area contributed by atoms with Crippen molar-refractivity contribution in [2.75, 3.05) is 37.7 Å². The molecule has 11 nitrogen and oxygen atoms in total. The van der Waals surface area contributed by atoms with Crippen molar-refractivity contribution >= 4 is 39.4 Å². The van der Waals surface area contributed by atoms with Crippen molar-refractivity contribution in [2.24, 2.45) is 5.41 Å². The number of phenolic OH excluding ortho intramolecular Hbond substituents is 1. The summed E-state index contributed by atoms with van der Waals surface area (Å²) >= 11 is 0. The van der Waals surface area contributed by atoms with Crippen molar-refractivity contribution in [3.63, 3.8) is 0 Å². The smallest absolute Gasteiger partial charge is 0.319 e. The van der Waals surface area contributed by atoms with Crippen molar-refractivity contribution in [1.82, 2.24) is 24.8 Å². The van der Waals surface area contributed by atoms with Crippen LogP contribution in [0.1, 0.15) is 57.9 Å². The molecule has 2 bridgehead atoms. The number of benzene rings is 2. The monoisotopic (exact) mass is 708 g/mol. The van der Waals surface area contributed by atoms with Gasteiger partial charge in [-0.1, -0.05) is 12.0 Å². The SMILES string of the molecule is C#Cc1c(F)ccc2cc(O)cc(-c3ncc4c(N5CC6CC[C@H](C5)N6C(=O)[C@@H]5OC(=O)C5(C)C)nc(OCC56CCCN5CCC6)nc4c3F)c12. The van der Waals surface area contributed by atoms with Gasteiger partial charge in [-0.2, -0.15) is 9.97 Å². The van der Waals surface area contributed by atoms with Crippen LogP contribution in [0.15, 0.2) is 30.5 Å². The third kappa shape index (κ3) is 4.83. The largest absolute Gasteiger partial charge is 0.508 e. The Morgan fingerprint density at radius 1 is 1.12 bits per heavy atom. The molecule has 1 unspecified atom stereocenters. The van der Waals surface area contributed by atoms with Crippen LogP contribution in [0.2, 0.25) is 0 Å². The number of rotatable bonds is 6. The molecule has 4 aromatic rings. The number of fused-ring (bicyclic) bond motifs is 5. The highest BCUT2D eigenvalue weighted by molar-refractivity contribution is 6.03. The fourth-order valence-electron chi connectivity index (χ4n) is 9.31. The summed E-state index contributed by atoms with van der Waals surface area (Å²) in [5.41, 5.74) is -1.13. The number of hydrogen-bond acceptors (Lipinski definition) is 10. The quantitative estimate of drug-likeness (QED) is 0.218. The van der Waals surface area contributed by atoms with Crippen LogP contribution in [-0.2, 0) is 14.3 Å². The number of aromatic nitrogens is 3. The van der Waals surface area contributed by atoms with E-state index in [2.05, 4.69) is 20.8 Å². The predicted molar refractivity (Wildman–Crippen MR) is 188 cm³/mol. The first-order valence-corrected chi connectivity index (χ1v) is 17.9. The minimum Gasteiger partial charge on any atom is -0.508 e. The van der Waals surface area contributed by atoms with Crippen LogP contribution in [-0.4, -0.2) is 98.2 Å². The van der Waals surface area contributed by atoms with Gasteiger partial charge in [0.25, 0.3) is 5.91 Å². The molecule has 5 aliphatic rings. The highest BCUT2D eigenvalue weighted by Gasteiger charge is 2.58. The van der Waals surface area contributed by atoms with Crippen molar-refractivity contribution in [2.45, 2.75) is 76.1 Å². The van der Waals surface area contributed by atoms with E-state index < -0.39 is 23.2 Å². The Morgan fingerprint density at radius 2 is 1.85 bits per heavy atom. The lowest BCUT2D eigenvalue weighted by Crippen LogP contribution is -2.65. The molecule has 2 aromatic carbocycles. The number of phenols is 1. The van der Waals surface area contributed by atoms with Gasteiger partial charge in [-0.25, -0.2) is 8.78 Å². The van der Waals surface area contributed by atoms with Gasteiger partial charge < -0.3 is 24.4 Å². The predicted octanol–water partition coefficient (Wildman–Crippen LogP) is 4.95. The van der Waals surface area contributed by atoms with Crippen LogP contribution in [0.5, 0.6) is 11.8 Å². The van der Waals surface area contributed by atoms with Gasteiger partial charge in [0.05, 0.1) is 16.5 Å². The molecule has 0 aliphatic carbocycles. The van der Waals surface area contributed by atoms with Gasteiger partial charge in [-0.3, -0.25) is 19.5 Å². The summed E-state index contributed by atoms with van der Waals surface area (Å²) < 4.78 is 43.7. The van der Waals surface area contributed by atoms with Gasteiger partial charge in [0.1, 0.15) is 40.6 Å². The summed E-state index contributed by atoms with van der Waals surface area (Å²) in [6.45, 7) is 6.67. The molecule has 9 rings (SSSR count). The number of piperazine rings is 1. The molecule has 7 heterocycles. The number of halogens is 2. The molecule has 1 amide bonds. The minimum atomic E-state index is -0.884. The van der Waals surface area contributed by atoms with Gasteiger partial charge in [-0.05, 0) is 89.0 Å². The van der Waals surface area contributed by atoms with Crippen molar-refractivity contribution < 1.29 is 33.0 Å². The van der Waals surface area contributed by atoms with E-state index in [1.807, 2.05) is 9.80 Å². The standard InChI is InChI=1S/C39H38F2N6O5/c1-4-25-28(40)10-7-21-15-24(48)16-26(29(21)25)31-30(41)32-27(17-42-31)34(44-37(43-32)51-20-39-11-5-13-46(39)14-6-12-39)45-18-22-8-9-23(19-45)47(22)35(49)33-38(2,3)36(50)52-33/h1,7,10,15-17,22-23,33,48H,5-6,8-9,11-14,18-20H2,2-3H3/t22-,23?,33+/m1/s1. The van der Waals surface area contributed by atoms with Gasteiger partial charge >= 0.3 is 12.0 Å². The number of terminal acetylenes is 1. The second-order valence-corrected chi connectivity index (χ2v) is 15.4. The molecular weight excluding hydrogens is 670 g/mol. The van der Waals surface area contributed by atoms with Crippen LogP contribution in [0.25, 0.3) is 32.9 Å². The molecule has 0 saturated carbocycles. The third-order valence-corrected chi connectivity index (χ3v) is 12.0. The average Bonchev–Trinajstić information content (AvgIpc) is 3.79. The van der Waals surface area contributed by atoms with E-state index in [1.165, 1.54) is 30.5 Å². The number of nitrogens with zero attached hydrogens (tertiary/aromatic N) is 6. The summed E-state index contributed by atoms with van der Waals surface area (Å²) in [6, 6.07) is 5.13. The zero-order valence-electron chi connectivity index (χ0n) is 29.0. The Balaban J connectivity index is 1.13. The normalized spacial score (nSPS) is 24.5. The van der Waals surface area contributed by atoms with Crippen LogP contribution in [0, 0.1) is 29.4 Å². The number of carbonyl (C=O) groups excluding carboxylic acids is 2. The van der Waals surface area contributed by atoms with Gasteiger partial charge in [0.2, 0.25) is 0 Å². The van der Waals surface area contributed by atoms with E-state index in [0.29, 0.717) is 36.3 Å². The molecule has 2 aromatic heterocycles. The van der Waals surface area contributed by atoms with Crippen LogP contribution < -0.4 is 9.64 Å². The van der Waals surface area contributed by atoms with Crippen molar-refractivity contribution in [3.8, 4) is 35.4 Å². The Kier molecular flexibility index (Phi) is 7.39. The van der Waals surface area contributed by atoms with E-state index in [0.717, 1.165) is 51.6 Å². The first kappa shape index (κ1) is 32.8. The number of anilines is 1. The summed E-state index contributed by atoms with van der Waals surface area (Å²) in [7, 11) is 0. The molecule has 13 heteroatoms. The highest BCUT2D eigenvalue weighted by atomic mass is 19.1. The molecule has 0 spiro atoms. The number of ether oxygens (including phenoxy) is 2. The summed E-state index contributed by atoms with van der Waals surface area (Å²) in [5, 5.41) is 11.6. The van der Waals surface area contributed by atoms with Crippen molar-refractivity contribution in [1.29, 1.82) is 0 Å².